The van der Waals surface area contributed by atoms with E-state index in [-0.39, 0.29) is 11.7 Å². The number of hydrogen-bond acceptors (Lipinski definition) is 3. The molecular formula is C13H17FN2O2. The lowest BCUT2D eigenvalue weighted by molar-refractivity contribution is -0.123. The number of benzene rings is 1. The third-order valence-electron chi connectivity index (χ3n) is 2.87. The van der Waals surface area contributed by atoms with Crippen molar-refractivity contribution >= 4 is 5.91 Å². The van der Waals surface area contributed by atoms with Crippen LogP contribution in [-0.2, 0) is 16.1 Å². The maximum absolute atomic E-state index is 12.7. The Labute approximate surface area is 106 Å². The lowest BCUT2D eigenvalue weighted by Gasteiger charge is -2.25. The first kappa shape index (κ1) is 13.0. The Balaban J connectivity index is 1.72. The average molecular weight is 252 g/mol. The summed E-state index contributed by atoms with van der Waals surface area (Å²) in [4.78, 5) is 13.7. The minimum Gasteiger partial charge on any atom is -0.379 e. The fraction of sp³-hybridized carbons (Fsp3) is 0.462. The Morgan fingerprint density at radius 3 is 2.61 bits per heavy atom. The molecule has 1 N–H and O–H groups in total. The molecule has 0 bridgehead atoms. The molecule has 1 aliphatic rings. The van der Waals surface area contributed by atoms with Gasteiger partial charge in [0.1, 0.15) is 5.82 Å². The van der Waals surface area contributed by atoms with E-state index in [4.69, 9.17) is 4.74 Å². The van der Waals surface area contributed by atoms with E-state index in [0.29, 0.717) is 26.3 Å². The van der Waals surface area contributed by atoms with Gasteiger partial charge in [-0.3, -0.25) is 9.69 Å². The van der Waals surface area contributed by atoms with Crippen LogP contribution in [0.4, 0.5) is 4.39 Å². The van der Waals surface area contributed by atoms with Crippen LogP contribution in [0.3, 0.4) is 0 Å². The first-order valence-corrected chi connectivity index (χ1v) is 6.05. The van der Waals surface area contributed by atoms with Crippen molar-refractivity contribution in [2.75, 3.05) is 32.8 Å². The maximum atomic E-state index is 12.7. The SMILES string of the molecule is O=C(CN1CCOCC1)NCc1ccc(F)cc1. The summed E-state index contributed by atoms with van der Waals surface area (Å²) in [5, 5.41) is 2.82. The van der Waals surface area contributed by atoms with E-state index in [0.717, 1.165) is 18.7 Å². The smallest absolute Gasteiger partial charge is 0.234 e. The highest BCUT2D eigenvalue weighted by atomic mass is 19.1. The maximum Gasteiger partial charge on any atom is 0.234 e. The number of nitrogens with zero attached hydrogens (tertiary/aromatic N) is 1. The minimum absolute atomic E-state index is 0.0128. The molecule has 0 saturated carbocycles. The van der Waals surface area contributed by atoms with E-state index in [2.05, 4.69) is 10.2 Å². The molecule has 98 valence electrons. The molecule has 0 spiro atoms. The molecule has 0 radical (unpaired) electrons. The molecule has 4 nitrogen and oxygen atoms in total. The average Bonchev–Trinajstić information content (AvgIpc) is 2.39. The van der Waals surface area contributed by atoms with E-state index >= 15 is 0 Å². The molecule has 0 aliphatic carbocycles. The largest absolute Gasteiger partial charge is 0.379 e. The van der Waals surface area contributed by atoms with Crippen molar-refractivity contribution < 1.29 is 13.9 Å². The summed E-state index contributed by atoms with van der Waals surface area (Å²) in [5.74, 6) is -0.278. The van der Waals surface area contributed by atoms with E-state index in [1.54, 1.807) is 12.1 Å². The highest BCUT2D eigenvalue weighted by molar-refractivity contribution is 5.78. The lowest BCUT2D eigenvalue weighted by Crippen LogP contribution is -2.43. The zero-order chi connectivity index (χ0) is 12.8. The van der Waals surface area contributed by atoms with Crippen molar-refractivity contribution in [3.63, 3.8) is 0 Å². The van der Waals surface area contributed by atoms with Gasteiger partial charge >= 0.3 is 0 Å². The Bertz CT molecular complexity index is 388. The van der Waals surface area contributed by atoms with Crippen molar-refractivity contribution in [3.05, 3.63) is 35.6 Å². The van der Waals surface area contributed by atoms with Crippen molar-refractivity contribution in [1.29, 1.82) is 0 Å². The van der Waals surface area contributed by atoms with Gasteiger partial charge in [0, 0.05) is 19.6 Å². The van der Waals surface area contributed by atoms with Gasteiger partial charge in [0.05, 0.1) is 19.8 Å². The molecule has 1 amide bonds. The standard InChI is InChI=1S/C13H17FN2O2/c14-12-3-1-11(2-4-12)9-15-13(17)10-16-5-7-18-8-6-16/h1-4H,5-10H2,(H,15,17). The van der Waals surface area contributed by atoms with Gasteiger partial charge < -0.3 is 10.1 Å². The van der Waals surface area contributed by atoms with Crippen LogP contribution in [0.2, 0.25) is 0 Å². The fourth-order valence-corrected chi connectivity index (χ4v) is 1.82. The van der Waals surface area contributed by atoms with Crippen LogP contribution in [0.15, 0.2) is 24.3 Å². The number of carbonyl (C=O) groups is 1. The molecule has 1 aromatic carbocycles. The summed E-state index contributed by atoms with van der Waals surface area (Å²) in [5.41, 5.74) is 0.895. The molecule has 0 unspecified atom stereocenters. The molecule has 18 heavy (non-hydrogen) atoms. The molecule has 1 saturated heterocycles. The van der Waals surface area contributed by atoms with Gasteiger partial charge in [0.25, 0.3) is 0 Å². The normalized spacial score (nSPS) is 16.5. The number of morpholine rings is 1. The van der Waals surface area contributed by atoms with Crippen LogP contribution in [0.1, 0.15) is 5.56 Å². The predicted octanol–water partition coefficient (Wildman–Crippen LogP) is 0.774. The summed E-state index contributed by atoms with van der Waals surface area (Å²) in [6, 6.07) is 6.13. The molecule has 0 atom stereocenters. The zero-order valence-corrected chi connectivity index (χ0v) is 10.2. The summed E-state index contributed by atoms with van der Waals surface area (Å²) >= 11 is 0. The Kier molecular flexibility index (Phi) is 4.66. The zero-order valence-electron chi connectivity index (χ0n) is 10.2. The van der Waals surface area contributed by atoms with Gasteiger partial charge in [-0.1, -0.05) is 12.1 Å². The van der Waals surface area contributed by atoms with Gasteiger partial charge in [0.15, 0.2) is 0 Å². The Hall–Kier alpha value is -1.46. The molecule has 1 heterocycles. The number of amides is 1. The molecule has 2 rings (SSSR count). The van der Waals surface area contributed by atoms with E-state index < -0.39 is 0 Å². The number of hydrogen-bond donors (Lipinski definition) is 1. The second-order valence-electron chi connectivity index (χ2n) is 4.29. The van der Waals surface area contributed by atoms with Crippen LogP contribution in [0, 0.1) is 5.82 Å². The minimum atomic E-state index is -0.265. The summed E-state index contributed by atoms with van der Waals surface area (Å²) < 4.78 is 17.9. The van der Waals surface area contributed by atoms with E-state index in [1.807, 2.05) is 0 Å². The molecule has 5 heteroatoms. The van der Waals surface area contributed by atoms with Crippen LogP contribution >= 0.6 is 0 Å². The third-order valence-corrected chi connectivity index (χ3v) is 2.87. The number of halogens is 1. The molecule has 1 aliphatic heterocycles. The van der Waals surface area contributed by atoms with Crippen LogP contribution < -0.4 is 5.32 Å². The third kappa shape index (κ3) is 4.09. The predicted molar refractivity (Wildman–Crippen MR) is 65.5 cm³/mol. The first-order chi connectivity index (χ1) is 8.74. The number of rotatable bonds is 4. The monoisotopic (exact) mass is 252 g/mol. The molecule has 1 fully saturated rings. The highest BCUT2D eigenvalue weighted by Gasteiger charge is 2.13. The van der Waals surface area contributed by atoms with Crippen molar-refractivity contribution in [1.82, 2.24) is 10.2 Å². The number of carbonyl (C=O) groups excluding carboxylic acids is 1. The van der Waals surface area contributed by atoms with Crippen LogP contribution in [0.5, 0.6) is 0 Å². The van der Waals surface area contributed by atoms with Gasteiger partial charge in [-0.2, -0.15) is 0 Å². The van der Waals surface area contributed by atoms with Gasteiger partial charge in [-0.15, -0.1) is 0 Å². The van der Waals surface area contributed by atoms with Gasteiger partial charge in [-0.05, 0) is 17.7 Å². The second-order valence-corrected chi connectivity index (χ2v) is 4.29. The highest BCUT2D eigenvalue weighted by Crippen LogP contribution is 2.02. The van der Waals surface area contributed by atoms with Crippen LogP contribution in [0.25, 0.3) is 0 Å². The van der Waals surface area contributed by atoms with Crippen molar-refractivity contribution in [3.8, 4) is 0 Å². The summed E-state index contributed by atoms with van der Waals surface area (Å²) in [6.45, 7) is 3.79. The van der Waals surface area contributed by atoms with Crippen molar-refractivity contribution in [2.24, 2.45) is 0 Å². The molecule has 0 aromatic heterocycles. The van der Waals surface area contributed by atoms with E-state index in [9.17, 15) is 9.18 Å². The van der Waals surface area contributed by atoms with Crippen molar-refractivity contribution in [2.45, 2.75) is 6.54 Å². The Morgan fingerprint density at radius 1 is 1.28 bits per heavy atom. The fourth-order valence-electron chi connectivity index (χ4n) is 1.82. The number of nitrogens with one attached hydrogen (secondary N) is 1. The quantitative estimate of drug-likeness (QED) is 0.860. The molecular weight excluding hydrogens is 235 g/mol. The van der Waals surface area contributed by atoms with Crippen LogP contribution in [-0.4, -0.2) is 43.7 Å². The number of ether oxygens (including phenoxy) is 1. The topological polar surface area (TPSA) is 41.6 Å². The van der Waals surface area contributed by atoms with Gasteiger partial charge in [-0.25, -0.2) is 4.39 Å². The second kappa shape index (κ2) is 6.47. The summed E-state index contributed by atoms with van der Waals surface area (Å²) in [6.07, 6.45) is 0. The molecule has 1 aromatic rings. The lowest BCUT2D eigenvalue weighted by atomic mass is 10.2. The van der Waals surface area contributed by atoms with E-state index in [1.165, 1.54) is 12.1 Å². The Morgan fingerprint density at radius 2 is 1.94 bits per heavy atom. The van der Waals surface area contributed by atoms with Gasteiger partial charge in [0.2, 0.25) is 5.91 Å². The first-order valence-electron chi connectivity index (χ1n) is 6.05. The summed E-state index contributed by atoms with van der Waals surface area (Å²) in [7, 11) is 0.